The molecule has 22 heavy (non-hydrogen) atoms. The number of carbonyl (C=O) groups excluding carboxylic acids is 1. The van der Waals surface area contributed by atoms with Crippen molar-refractivity contribution in [3.05, 3.63) is 65.7 Å². The number of halogens is 2. The molecule has 1 amide bonds. The zero-order valence-corrected chi connectivity index (χ0v) is 12.5. The summed E-state index contributed by atoms with van der Waals surface area (Å²) in [6.07, 6.45) is 0.102. The van der Waals surface area contributed by atoms with Crippen LogP contribution in [-0.2, 0) is 21.3 Å². The van der Waals surface area contributed by atoms with Crippen molar-refractivity contribution >= 4 is 22.4 Å². The van der Waals surface area contributed by atoms with E-state index in [1.165, 1.54) is 36.4 Å². The van der Waals surface area contributed by atoms with Crippen LogP contribution in [0.15, 0.2) is 48.5 Å². The van der Waals surface area contributed by atoms with Gasteiger partial charge in [0.1, 0.15) is 11.6 Å². The fourth-order valence-electron chi connectivity index (χ4n) is 1.80. The summed E-state index contributed by atoms with van der Waals surface area (Å²) in [7, 11) is -1.20. The van der Waals surface area contributed by atoms with Crippen molar-refractivity contribution in [3.8, 4) is 0 Å². The quantitative estimate of drug-likeness (QED) is 0.887. The highest BCUT2D eigenvalue weighted by Crippen LogP contribution is 2.10. The average molecular weight is 323 g/mol. The molecule has 2 aromatic carbocycles. The number of carbonyl (C=O) groups is 1. The van der Waals surface area contributed by atoms with Crippen molar-refractivity contribution in [2.24, 2.45) is 0 Å². The van der Waals surface area contributed by atoms with Gasteiger partial charge in [-0.2, -0.15) is 0 Å². The molecule has 0 aliphatic heterocycles. The normalized spacial score (nSPS) is 11.9. The molecular weight excluding hydrogens is 308 g/mol. The summed E-state index contributed by atoms with van der Waals surface area (Å²) in [4.78, 5) is 11.7. The van der Waals surface area contributed by atoms with Crippen molar-refractivity contribution in [3.63, 3.8) is 0 Å². The van der Waals surface area contributed by atoms with E-state index in [9.17, 15) is 17.8 Å². The second kappa shape index (κ2) is 7.79. The lowest BCUT2D eigenvalue weighted by atomic mass is 10.2. The number of anilines is 1. The summed E-state index contributed by atoms with van der Waals surface area (Å²) in [5.74, 6) is -0.500. The zero-order chi connectivity index (χ0) is 15.9. The van der Waals surface area contributed by atoms with Crippen LogP contribution in [0, 0.1) is 11.6 Å². The largest absolute Gasteiger partial charge is 0.326 e. The molecule has 0 saturated heterocycles. The molecule has 1 atom stereocenters. The van der Waals surface area contributed by atoms with Crippen molar-refractivity contribution in [1.82, 2.24) is 0 Å². The van der Waals surface area contributed by atoms with E-state index in [1.54, 1.807) is 12.1 Å². The molecule has 2 aromatic rings. The summed E-state index contributed by atoms with van der Waals surface area (Å²) >= 11 is 0. The maximum atomic E-state index is 12.8. The maximum Gasteiger partial charge on any atom is 0.225 e. The molecule has 0 saturated carbocycles. The third-order valence-electron chi connectivity index (χ3n) is 2.93. The summed E-state index contributed by atoms with van der Waals surface area (Å²) in [6.45, 7) is 0. The maximum absolute atomic E-state index is 12.8. The molecule has 0 aromatic heterocycles. The van der Waals surface area contributed by atoms with Gasteiger partial charge < -0.3 is 5.32 Å². The minimum atomic E-state index is -1.20. The van der Waals surface area contributed by atoms with Gasteiger partial charge >= 0.3 is 0 Å². The molecule has 0 heterocycles. The van der Waals surface area contributed by atoms with E-state index < -0.39 is 10.8 Å². The number of hydrogen-bond donors (Lipinski definition) is 1. The lowest BCUT2D eigenvalue weighted by molar-refractivity contribution is -0.115. The Morgan fingerprint density at radius 3 is 2.09 bits per heavy atom. The number of hydrogen-bond acceptors (Lipinski definition) is 2. The van der Waals surface area contributed by atoms with Crippen LogP contribution in [0.2, 0.25) is 0 Å². The van der Waals surface area contributed by atoms with Gasteiger partial charge in [-0.05, 0) is 42.0 Å². The lowest BCUT2D eigenvalue weighted by Crippen LogP contribution is -2.15. The zero-order valence-electron chi connectivity index (χ0n) is 11.7. The minimum Gasteiger partial charge on any atom is -0.326 e. The van der Waals surface area contributed by atoms with Crippen molar-refractivity contribution < 1.29 is 17.8 Å². The summed E-state index contributed by atoms with van der Waals surface area (Å²) in [5.41, 5.74) is 1.26. The van der Waals surface area contributed by atoms with Crippen LogP contribution in [0.5, 0.6) is 0 Å². The predicted molar refractivity (Wildman–Crippen MR) is 82.8 cm³/mol. The van der Waals surface area contributed by atoms with Crippen LogP contribution in [-0.4, -0.2) is 15.9 Å². The molecule has 0 radical (unpaired) electrons. The molecule has 0 unspecified atom stereocenters. The number of amides is 1. The molecular formula is C16H15F2NO2S. The average Bonchev–Trinajstić information content (AvgIpc) is 2.50. The molecule has 6 heteroatoms. The van der Waals surface area contributed by atoms with Crippen molar-refractivity contribution in [2.75, 3.05) is 11.1 Å². The Labute approximate surface area is 129 Å². The first-order chi connectivity index (χ1) is 10.5. The minimum absolute atomic E-state index is 0.102. The van der Waals surface area contributed by atoms with Crippen LogP contribution in [0.25, 0.3) is 0 Å². The SMILES string of the molecule is O=C(CC[S@](=O)Cc1ccc(F)cc1)Nc1ccc(F)cc1. The number of nitrogens with one attached hydrogen (secondary N) is 1. The van der Waals surface area contributed by atoms with E-state index in [2.05, 4.69) is 5.32 Å². The first-order valence-electron chi connectivity index (χ1n) is 6.68. The Bertz CT molecular complexity index is 597. The Morgan fingerprint density at radius 2 is 1.50 bits per heavy atom. The fourth-order valence-corrected chi connectivity index (χ4v) is 2.92. The van der Waals surface area contributed by atoms with E-state index in [0.29, 0.717) is 5.69 Å². The molecule has 0 bridgehead atoms. The molecule has 1 N–H and O–H groups in total. The Morgan fingerprint density at radius 1 is 0.955 bits per heavy atom. The van der Waals surface area contributed by atoms with Gasteiger partial charge in [0.25, 0.3) is 0 Å². The van der Waals surface area contributed by atoms with Gasteiger partial charge in [0.2, 0.25) is 5.91 Å². The highest BCUT2D eigenvalue weighted by Gasteiger charge is 2.07. The van der Waals surface area contributed by atoms with Gasteiger partial charge in [0.05, 0.1) is 0 Å². The van der Waals surface area contributed by atoms with E-state index in [0.717, 1.165) is 5.56 Å². The van der Waals surface area contributed by atoms with E-state index in [4.69, 9.17) is 0 Å². The Kier molecular flexibility index (Phi) is 5.77. The van der Waals surface area contributed by atoms with E-state index >= 15 is 0 Å². The van der Waals surface area contributed by atoms with E-state index in [1.807, 2.05) is 0 Å². The van der Waals surface area contributed by atoms with Crippen LogP contribution in [0.3, 0.4) is 0 Å². The van der Waals surface area contributed by atoms with Crippen LogP contribution >= 0.6 is 0 Å². The summed E-state index contributed by atoms with van der Waals surface area (Å²) < 4.78 is 37.4. The standard InChI is InChI=1S/C16H15F2NO2S/c17-13-3-1-12(2-4-13)11-22(21)10-9-16(20)19-15-7-5-14(18)6-8-15/h1-8H,9-11H2,(H,19,20)/t22-/m0/s1. The van der Waals surface area contributed by atoms with Crippen LogP contribution < -0.4 is 5.32 Å². The first kappa shape index (κ1) is 16.3. The third-order valence-corrected chi connectivity index (χ3v) is 4.24. The van der Waals surface area contributed by atoms with Gasteiger partial charge in [0.15, 0.2) is 0 Å². The molecule has 116 valence electrons. The van der Waals surface area contributed by atoms with Gasteiger partial charge in [0, 0.05) is 34.4 Å². The topological polar surface area (TPSA) is 46.2 Å². The second-order valence-electron chi connectivity index (χ2n) is 4.72. The Hall–Kier alpha value is -2.08. The smallest absolute Gasteiger partial charge is 0.225 e. The highest BCUT2D eigenvalue weighted by atomic mass is 32.2. The fraction of sp³-hybridized carbons (Fsp3) is 0.188. The number of rotatable bonds is 6. The molecule has 2 rings (SSSR count). The highest BCUT2D eigenvalue weighted by molar-refractivity contribution is 7.84. The second-order valence-corrected chi connectivity index (χ2v) is 6.30. The molecule has 0 fully saturated rings. The monoisotopic (exact) mass is 323 g/mol. The van der Waals surface area contributed by atoms with Crippen molar-refractivity contribution in [2.45, 2.75) is 12.2 Å². The van der Waals surface area contributed by atoms with Gasteiger partial charge in [-0.15, -0.1) is 0 Å². The molecule has 0 spiro atoms. The summed E-state index contributed by atoms with van der Waals surface area (Å²) in [5, 5.41) is 2.61. The molecule has 3 nitrogen and oxygen atoms in total. The number of benzene rings is 2. The molecule has 0 aliphatic carbocycles. The van der Waals surface area contributed by atoms with Crippen LogP contribution in [0.4, 0.5) is 14.5 Å². The van der Waals surface area contributed by atoms with Gasteiger partial charge in [-0.25, -0.2) is 8.78 Å². The van der Waals surface area contributed by atoms with Crippen LogP contribution in [0.1, 0.15) is 12.0 Å². The Balaban J connectivity index is 1.76. The molecule has 0 aliphatic rings. The first-order valence-corrected chi connectivity index (χ1v) is 8.16. The van der Waals surface area contributed by atoms with Gasteiger partial charge in [-0.3, -0.25) is 9.00 Å². The van der Waals surface area contributed by atoms with E-state index in [-0.39, 0.29) is 35.5 Å². The van der Waals surface area contributed by atoms with Crippen molar-refractivity contribution in [1.29, 1.82) is 0 Å². The predicted octanol–water partition coefficient (Wildman–Crippen LogP) is 3.24. The third kappa shape index (κ3) is 5.37. The van der Waals surface area contributed by atoms with Gasteiger partial charge in [-0.1, -0.05) is 12.1 Å². The summed E-state index contributed by atoms with van der Waals surface area (Å²) in [6, 6.07) is 11.2. The lowest BCUT2D eigenvalue weighted by Gasteiger charge is -2.05.